The van der Waals surface area contributed by atoms with Gasteiger partial charge in [0.15, 0.2) is 6.10 Å². The summed E-state index contributed by atoms with van der Waals surface area (Å²) in [7, 11) is 7.14. The number of hydrogen-bond acceptors (Lipinski definition) is 6. The van der Waals surface area contributed by atoms with Gasteiger partial charge in [0.1, 0.15) is 23.2 Å². The maximum atomic E-state index is 12.6. The number of carbonyl (C=O) groups excluding carboxylic acids is 1. The summed E-state index contributed by atoms with van der Waals surface area (Å²) in [6.07, 6.45) is 0.486. The van der Waals surface area contributed by atoms with Crippen molar-refractivity contribution in [3.8, 4) is 5.75 Å². The van der Waals surface area contributed by atoms with Gasteiger partial charge in [-0.3, -0.25) is 4.79 Å². The van der Waals surface area contributed by atoms with Crippen LogP contribution in [0.3, 0.4) is 0 Å². The summed E-state index contributed by atoms with van der Waals surface area (Å²) in [6.45, 7) is 1.94. The third-order valence-corrected chi connectivity index (χ3v) is 5.69. The Bertz CT molecular complexity index is 1240. The van der Waals surface area contributed by atoms with E-state index in [-0.39, 0.29) is 18.1 Å². The van der Waals surface area contributed by atoms with Crippen molar-refractivity contribution in [3.63, 3.8) is 0 Å². The third-order valence-electron chi connectivity index (χ3n) is 5.69. The van der Waals surface area contributed by atoms with Crippen molar-refractivity contribution in [1.29, 1.82) is 0 Å². The highest BCUT2D eigenvalue weighted by molar-refractivity contribution is 6.27. The average molecular weight is 469 g/mol. The second kappa shape index (κ2) is 9.92. The van der Waals surface area contributed by atoms with Gasteiger partial charge in [-0.15, -0.1) is 0 Å². The normalized spacial score (nSPS) is 16.4. The van der Waals surface area contributed by atoms with Gasteiger partial charge in [0.2, 0.25) is 0 Å². The van der Waals surface area contributed by atoms with E-state index in [4.69, 9.17) is 29.3 Å². The Hall–Kier alpha value is -3.92. The van der Waals surface area contributed by atoms with Crippen LogP contribution in [0.4, 0.5) is 0 Å². The summed E-state index contributed by atoms with van der Waals surface area (Å²) in [4.78, 5) is 37.1. The lowest BCUT2D eigenvalue weighted by Gasteiger charge is -2.22. The number of benzene rings is 2. The molecule has 10 heteroatoms. The zero-order valence-electron chi connectivity index (χ0n) is 19.6. The molecule has 0 saturated carbocycles. The predicted octanol–water partition coefficient (Wildman–Crippen LogP) is 2.43. The topological polar surface area (TPSA) is 131 Å². The smallest absolute Gasteiger partial charge is 0.414 e. The van der Waals surface area contributed by atoms with Crippen molar-refractivity contribution in [2.24, 2.45) is 7.05 Å². The Kier molecular flexibility index (Phi) is 7.21. The first kappa shape index (κ1) is 24.7. The second-order valence-electron chi connectivity index (χ2n) is 8.09. The second-order valence-corrected chi connectivity index (χ2v) is 8.09. The van der Waals surface area contributed by atoms with Crippen LogP contribution in [0.2, 0.25) is 0 Å². The van der Waals surface area contributed by atoms with Crippen molar-refractivity contribution in [2.45, 2.75) is 25.6 Å². The van der Waals surface area contributed by atoms with Gasteiger partial charge in [-0.2, -0.15) is 0 Å². The number of rotatable bonds is 4. The van der Waals surface area contributed by atoms with Crippen LogP contribution >= 0.6 is 0 Å². The number of imidazole rings is 1. The Morgan fingerprint density at radius 3 is 2.35 bits per heavy atom. The van der Waals surface area contributed by atoms with Crippen molar-refractivity contribution in [2.75, 3.05) is 21.2 Å². The van der Waals surface area contributed by atoms with Gasteiger partial charge in [-0.25, -0.2) is 14.6 Å². The van der Waals surface area contributed by atoms with Crippen LogP contribution in [0.1, 0.15) is 33.4 Å². The number of amides is 1. The van der Waals surface area contributed by atoms with Gasteiger partial charge in [0, 0.05) is 40.2 Å². The van der Waals surface area contributed by atoms with Gasteiger partial charge in [0.25, 0.3) is 5.91 Å². The van der Waals surface area contributed by atoms with E-state index in [2.05, 4.69) is 17.1 Å². The molecule has 3 aromatic rings. The first-order valence-corrected chi connectivity index (χ1v) is 10.5. The number of carboxylic acid groups (broad SMARTS) is 2. The van der Waals surface area contributed by atoms with Gasteiger partial charge in [-0.05, 0) is 30.2 Å². The molecule has 0 spiro atoms. The summed E-state index contributed by atoms with van der Waals surface area (Å²) in [6, 6.07) is 11.9. The van der Waals surface area contributed by atoms with Crippen molar-refractivity contribution < 1.29 is 34.1 Å². The number of ether oxygens (including phenoxy) is 2. The van der Waals surface area contributed by atoms with Gasteiger partial charge in [0.05, 0.1) is 5.52 Å². The SMILES string of the molecule is CO[C@@H]1Cc2ccccc2[C@H]1Oc1cc(C(=O)N(C)C)cc2c1nc(C)n2C.O=C(O)C(=O)O. The molecule has 4 rings (SSSR count). The largest absolute Gasteiger partial charge is 0.481 e. The molecule has 34 heavy (non-hydrogen) atoms. The van der Waals surface area contributed by atoms with E-state index in [0.717, 1.165) is 28.8 Å². The summed E-state index contributed by atoms with van der Waals surface area (Å²) in [5.41, 5.74) is 4.57. The number of aryl methyl sites for hydroxylation is 2. The molecular formula is C24H27N3O7. The molecule has 0 aliphatic heterocycles. The zero-order valence-corrected chi connectivity index (χ0v) is 19.6. The van der Waals surface area contributed by atoms with Gasteiger partial charge < -0.3 is 29.2 Å². The number of aromatic nitrogens is 2. The molecule has 10 nitrogen and oxygen atoms in total. The first-order valence-electron chi connectivity index (χ1n) is 10.5. The molecule has 1 aliphatic carbocycles. The van der Waals surface area contributed by atoms with E-state index < -0.39 is 11.9 Å². The number of hydrogen-bond donors (Lipinski definition) is 2. The highest BCUT2D eigenvalue weighted by atomic mass is 16.5. The standard InChI is InChI=1S/C22H25N3O3.C2H2O4/c1-13-23-20-17(25(13)4)10-15(22(26)24(2)3)12-18(20)28-21-16-9-7-6-8-14(16)11-19(21)27-5;3-1(4)2(5)6/h6-10,12,19,21H,11H2,1-5H3;(H,3,4)(H,5,6)/t19-,21-;/m1./s1. The molecule has 180 valence electrons. The third kappa shape index (κ3) is 4.86. The molecule has 0 radical (unpaired) electrons. The highest BCUT2D eigenvalue weighted by Crippen LogP contribution is 2.39. The summed E-state index contributed by atoms with van der Waals surface area (Å²) in [5.74, 6) is -2.25. The number of carbonyl (C=O) groups is 3. The van der Waals surface area contributed by atoms with E-state index >= 15 is 0 Å². The fraction of sp³-hybridized carbons (Fsp3) is 0.333. The molecule has 2 aromatic carbocycles. The lowest BCUT2D eigenvalue weighted by atomic mass is 10.1. The number of carboxylic acids is 2. The number of aliphatic carboxylic acids is 2. The van der Waals surface area contributed by atoms with E-state index in [0.29, 0.717) is 11.3 Å². The lowest BCUT2D eigenvalue weighted by Crippen LogP contribution is -2.23. The fourth-order valence-corrected chi connectivity index (χ4v) is 3.85. The van der Waals surface area contributed by atoms with Crippen molar-refractivity contribution in [1.82, 2.24) is 14.5 Å². The minimum absolute atomic E-state index is 0.0688. The maximum absolute atomic E-state index is 12.6. The van der Waals surface area contributed by atoms with E-state index in [1.54, 1.807) is 32.2 Å². The van der Waals surface area contributed by atoms with Crippen LogP contribution in [0, 0.1) is 6.92 Å². The van der Waals surface area contributed by atoms with Crippen LogP contribution in [-0.2, 0) is 27.8 Å². The molecule has 0 bridgehead atoms. The summed E-state index contributed by atoms with van der Waals surface area (Å²) < 4.78 is 14.2. The fourth-order valence-electron chi connectivity index (χ4n) is 3.85. The first-order chi connectivity index (χ1) is 16.0. The van der Waals surface area contributed by atoms with Crippen LogP contribution in [0.25, 0.3) is 11.0 Å². The quantitative estimate of drug-likeness (QED) is 0.557. The Morgan fingerprint density at radius 2 is 1.76 bits per heavy atom. The molecule has 2 atom stereocenters. The van der Waals surface area contributed by atoms with Gasteiger partial charge >= 0.3 is 11.9 Å². The summed E-state index contributed by atoms with van der Waals surface area (Å²) >= 11 is 0. The van der Waals surface area contributed by atoms with Crippen LogP contribution in [0.15, 0.2) is 36.4 Å². The molecule has 1 amide bonds. The maximum Gasteiger partial charge on any atom is 0.414 e. The van der Waals surface area contributed by atoms with E-state index in [1.165, 1.54) is 5.56 Å². The zero-order chi connectivity index (χ0) is 25.2. The van der Waals surface area contributed by atoms with Gasteiger partial charge in [-0.1, -0.05) is 24.3 Å². The Balaban J connectivity index is 0.000000481. The molecule has 1 aromatic heterocycles. The Labute approximate surface area is 196 Å². The number of nitrogens with zero attached hydrogens (tertiary/aromatic N) is 3. The molecule has 0 saturated heterocycles. The average Bonchev–Trinajstić information content (AvgIpc) is 3.30. The molecule has 2 N–H and O–H groups in total. The monoisotopic (exact) mass is 469 g/mol. The molecular weight excluding hydrogens is 442 g/mol. The minimum atomic E-state index is -1.82. The molecule has 0 fully saturated rings. The molecule has 0 unspecified atom stereocenters. The highest BCUT2D eigenvalue weighted by Gasteiger charge is 2.35. The molecule has 1 heterocycles. The number of fused-ring (bicyclic) bond motifs is 2. The van der Waals surface area contributed by atoms with Crippen molar-refractivity contribution in [3.05, 3.63) is 58.9 Å². The van der Waals surface area contributed by atoms with E-state index in [9.17, 15) is 4.79 Å². The lowest BCUT2D eigenvalue weighted by molar-refractivity contribution is -0.159. The number of methoxy groups -OCH3 is 1. The Morgan fingerprint density at radius 1 is 1.12 bits per heavy atom. The van der Waals surface area contributed by atoms with Crippen LogP contribution < -0.4 is 4.74 Å². The minimum Gasteiger partial charge on any atom is -0.481 e. The summed E-state index contributed by atoms with van der Waals surface area (Å²) in [5, 5.41) is 14.8. The van der Waals surface area contributed by atoms with Crippen LogP contribution in [0.5, 0.6) is 5.75 Å². The predicted molar refractivity (Wildman–Crippen MR) is 123 cm³/mol. The van der Waals surface area contributed by atoms with E-state index in [1.807, 2.05) is 36.7 Å². The molecule has 1 aliphatic rings. The van der Waals surface area contributed by atoms with Crippen LogP contribution in [-0.4, -0.2) is 69.8 Å². The van der Waals surface area contributed by atoms with Crippen molar-refractivity contribution >= 4 is 28.9 Å².